The Morgan fingerprint density at radius 3 is 2.56 bits per heavy atom. The molecule has 1 aromatic carbocycles. The first kappa shape index (κ1) is 12.4. The number of primary amides is 1. The van der Waals surface area contributed by atoms with E-state index in [1.165, 1.54) is 12.1 Å². The number of rotatable bonds is 4. The molecule has 0 bridgehead atoms. The highest BCUT2D eigenvalue weighted by atomic mass is 19.1. The van der Waals surface area contributed by atoms with E-state index in [1.807, 2.05) is 13.8 Å². The van der Waals surface area contributed by atoms with Crippen LogP contribution in [-0.4, -0.2) is 18.0 Å². The molecule has 16 heavy (non-hydrogen) atoms. The van der Waals surface area contributed by atoms with Crippen molar-refractivity contribution in [2.24, 2.45) is 11.5 Å². The molecule has 1 amide bonds. The lowest BCUT2D eigenvalue weighted by Gasteiger charge is -2.25. The Labute approximate surface area is 93.8 Å². The number of hydrogen-bond donors (Lipinski definition) is 3. The first-order chi connectivity index (χ1) is 7.35. The molecule has 5 heteroatoms. The van der Waals surface area contributed by atoms with E-state index in [-0.39, 0.29) is 5.56 Å². The van der Waals surface area contributed by atoms with Crippen LogP contribution >= 0.6 is 0 Å². The number of nitrogens with two attached hydrogens (primary N) is 2. The number of carbonyl (C=O) groups excluding carboxylic acids is 1. The molecule has 5 N–H and O–H groups in total. The van der Waals surface area contributed by atoms with Crippen LogP contribution in [-0.2, 0) is 0 Å². The molecule has 4 nitrogen and oxygen atoms in total. The molecule has 0 aliphatic rings. The summed E-state index contributed by atoms with van der Waals surface area (Å²) in [6, 6.07) is 4.06. The predicted octanol–water partition coefficient (Wildman–Crippen LogP) is 1.07. The molecule has 0 heterocycles. The fourth-order valence-electron chi connectivity index (χ4n) is 1.19. The van der Waals surface area contributed by atoms with Gasteiger partial charge in [-0.05, 0) is 32.0 Å². The largest absolute Gasteiger partial charge is 0.377 e. The van der Waals surface area contributed by atoms with E-state index in [1.54, 1.807) is 0 Å². The van der Waals surface area contributed by atoms with Crippen molar-refractivity contribution in [3.63, 3.8) is 0 Å². The third-order valence-electron chi connectivity index (χ3n) is 2.24. The summed E-state index contributed by atoms with van der Waals surface area (Å²) in [5.41, 5.74) is 10.6. The molecule has 0 saturated carbocycles. The molecule has 0 saturated heterocycles. The van der Waals surface area contributed by atoms with Crippen LogP contribution in [0.25, 0.3) is 0 Å². The van der Waals surface area contributed by atoms with Crippen molar-refractivity contribution in [3.05, 3.63) is 29.6 Å². The number of carbonyl (C=O) groups is 1. The van der Waals surface area contributed by atoms with E-state index in [9.17, 15) is 9.18 Å². The van der Waals surface area contributed by atoms with Crippen LogP contribution in [0.1, 0.15) is 24.2 Å². The molecule has 0 aromatic heterocycles. The summed E-state index contributed by atoms with van der Waals surface area (Å²) in [5, 5.41) is 2.95. The molecule has 1 rings (SSSR count). The van der Waals surface area contributed by atoms with Crippen LogP contribution in [0.2, 0.25) is 0 Å². The lowest BCUT2D eigenvalue weighted by molar-refractivity contribution is 0.1000. The van der Waals surface area contributed by atoms with Crippen LogP contribution < -0.4 is 16.8 Å². The third kappa shape index (κ3) is 2.93. The van der Waals surface area contributed by atoms with Crippen molar-refractivity contribution in [2.75, 3.05) is 11.9 Å². The van der Waals surface area contributed by atoms with Crippen LogP contribution in [0.5, 0.6) is 0 Å². The first-order valence-electron chi connectivity index (χ1n) is 4.93. The molecule has 88 valence electrons. The summed E-state index contributed by atoms with van der Waals surface area (Å²) in [5.74, 6) is -1.17. The first-order valence-corrected chi connectivity index (χ1v) is 4.93. The van der Waals surface area contributed by atoms with Crippen molar-refractivity contribution in [1.29, 1.82) is 0 Å². The minimum Gasteiger partial charge on any atom is -0.377 e. The van der Waals surface area contributed by atoms with E-state index in [4.69, 9.17) is 11.5 Å². The van der Waals surface area contributed by atoms with Crippen LogP contribution in [0.4, 0.5) is 10.1 Å². The number of benzene rings is 1. The van der Waals surface area contributed by atoms with Crippen molar-refractivity contribution in [2.45, 2.75) is 19.4 Å². The number of nitrogens with one attached hydrogen (secondary N) is 1. The van der Waals surface area contributed by atoms with Gasteiger partial charge in [0.15, 0.2) is 0 Å². The van der Waals surface area contributed by atoms with Gasteiger partial charge in [-0.1, -0.05) is 0 Å². The maximum absolute atomic E-state index is 13.6. The van der Waals surface area contributed by atoms with Crippen LogP contribution in [0.15, 0.2) is 18.2 Å². The van der Waals surface area contributed by atoms with E-state index in [2.05, 4.69) is 5.32 Å². The van der Waals surface area contributed by atoms with Gasteiger partial charge >= 0.3 is 0 Å². The van der Waals surface area contributed by atoms with E-state index >= 15 is 0 Å². The van der Waals surface area contributed by atoms with Crippen molar-refractivity contribution in [3.8, 4) is 0 Å². The molecule has 1 aromatic rings. The van der Waals surface area contributed by atoms with Gasteiger partial charge in [0.1, 0.15) is 5.82 Å². The summed E-state index contributed by atoms with van der Waals surface area (Å²) in [6.45, 7) is 4.08. The number of hydrogen-bond acceptors (Lipinski definition) is 3. The summed E-state index contributed by atoms with van der Waals surface area (Å²) in [6.07, 6.45) is 0. The number of halogens is 1. The van der Waals surface area contributed by atoms with Gasteiger partial charge in [-0.2, -0.15) is 0 Å². The molecule has 0 aliphatic carbocycles. The lowest BCUT2D eigenvalue weighted by atomic mass is 10.1. The molecule has 0 atom stereocenters. The van der Waals surface area contributed by atoms with Gasteiger partial charge in [-0.3, -0.25) is 4.79 Å². The molecule has 0 aliphatic heterocycles. The van der Waals surface area contributed by atoms with Gasteiger partial charge in [-0.25, -0.2) is 4.39 Å². The van der Waals surface area contributed by atoms with E-state index in [0.717, 1.165) is 6.07 Å². The zero-order chi connectivity index (χ0) is 12.3. The quantitative estimate of drug-likeness (QED) is 0.717. The zero-order valence-corrected chi connectivity index (χ0v) is 9.38. The zero-order valence-electron chi connectivity index (χ0n) is 9.38. The van der Waals surface area contributed by atoms with Gasteiger partial charge in [-0.15, -0.1) is 0 Å². The topological polar surface area (TPSA) is 81.1 Å². The molecule has 0 unspecified atom stereocenters. The Hall–Kier alpha value is -1.62. The minimum atomic E-state index is -0.650. The Morgan fingerprint density at radius 1 is 1.50 bits per heavy atom. The number of anilines is 1. The minimum absolute atomic E-state index is 0.147. The fraction of sp³-hybridized carbons (Fsp3) is 0.364. The molecular formula is C11H16FN3O. The van der Waals surface area contributed by atoms with Crippen molar-refractivity contribution < 1.29 is 9.18 Å². The van der Waals surface area contributed by atoms with E-state index in [0.29, 0.717) is 12.2 Å². The molecule has 0 spiro atoms. The van der Waals surface area contributed by atoms with Crippen LogP contribution in [0, 0.1) is 5.82 Å². The Bertz CT molecular complexity index is 404. The van der Waals surface area contributed by atoms with Gasteiger partial charge in [0.05, 0.1) is 5.69 Å². The predicted molar refractivity (Wildman–Crippen MR) is 61.7 cm³/mol. The smallest absolute Gasteiger partial charge is 0.248 e. The molecule has 0 fully saturated rings. The monoisotopic (exact) mass is 225 g/mol. The summed E-state index contributed by atoms with van der Waals surface area (Å²) >= 11 is 0. The highest BCUT2D eigenvalue weighted by Crippen LogP contribution is 2.19. The van der Waals surface area contributed by atoms with Crippen molar-refractivity contribution in [1.82, 2.24) is 0 Å². The van der Waals surface area contributed by atoms with Gasteiger partial charge in [0, 0.05) is 17.6 Å². The van der Waals surface area contributed by atoms with Crippen molar-refractivity contribution >= 4 is 11.6 Å². The number of amides is 1. The SMILES string of the molecule is CC(C)(CN)Nc1ccc(C(N)=O)cc1F. The summed E-state index contributed by atoms with van der Waals surface area (Å²) < 4.78 is 13.6. The highest BCUT2D eigenvalue weighted by molar-refractivity contribution is 5.93. The fourth-order valence-corrected chi connectivity index (χ4v) is 1.19. The second kappa shape index (κ2) is 4.49. The maximum atomic E-state index is 13.6. The lowest BCUT2D eigenvalue weighted by Crippen LogP contribution is -2.39. The average molecular weight is 225 g/mol. The van der Waals surface area contributed by atoms with Gasteiger partial charge < -0.3 is 16.8 Å². The normalized spacial score (nSPS) is 11.2. The molecular weight excluding hydrogens is 209 g/mol. The summed E-state index contributed by atoms with van der Waals surface area (Å²) in [7, 11) is 0. The third-order valence-corrected chi connectivity index (χ3v) is 2.24. The highest BCUT2D eigenvalue weighted by Gasteiger charge is 2.17. The average Bonchev–Trinajstić information content (AvgIpc) is 2.20. The van der Waals surface area contributed by atoms with E-state index < -0.39 is 17.3 Å². The maximum Gasteiger partial charge on any atom is 0.248 e. The standard InChI is InChI=1S/C11H16FN3O/c1-11(2,6-13)15-9-4-3-7(10(14)16)5-8(9)12/h3-5,15H,6,13H2,1-2H3,(H2,14,16). The molecule has 0 radical (unpaired) electrons. The van der Waals surface area contributed by atoms with Gasteiger partial charge in [0.25, 0.3) is 0 Å². The second-order valence-corrected chi connectivity index (χ2v) is 4.27. The Kier molecular flexibility index (Phi) is 3.49. The van der Waals surface area contributed by atoms with Gasteiger partial charge in [0.2, 0.25) is 5.91 Å². The summed E-state index contributed by atoms with van der Waals surface area (Å²) in [4.78, 5) is 10.8. The Morgan fingerprint density at radius 2 is 2.12 bits per heavy atom. The second-order valence-electron chi connectivity index (χ2n) is 4.27. The Balaban J connectivity index is 2.96. The van der Waals surface area contributed by atoms with Crippen LogP contribution in [0.3, 0.4) is 0 Å².